The summed E-state index contributed by atoms with van der Waals surface area (Å²) in [5.41, 5.74) is 1.68. The number of fused-ring (bicyclic) bond motifs is 1. The van der Waals surface area contributed by atoms with Crippen LogP contribution < -0.4 is 5.32 Å². The van der Waals surface area contributed by atoms with E-state index < -0.39 is 22.0 Å². The topological polar surface area (TPSA) is 104 Å². The van der Waals surface area contributed by atoms with Crippen LogP contribution in [0.3, 0.4) is 0 Å². The van der Waals surface area contributed by atoms with Crippen LogP contribution in [0, 0.1) is 0 Å². The van der Waals surface area contributed by atoms with Gasteiger partial charge in [0.05, 0.1) is 5.56 Å². The molecule has 10 heteroatoms. The van der Waals surface area contributed by atoms with Gasteiger partial charge in [-0.15, -0.1) is 0 Å². The Morgan fingerprint density at radius 3 is 2.32 bits per heavy atom. The summed E-state index contributed by atoms with van der Waals surface area (Å²) in [5, 5.41) is 3.12. The normalized spacial score (nSPS) is 14.6. The van der Waals surface area contributed by atoms with Crippen LogP contribution in [0.25, 0.3) is 0 Å². The second kappa shape index (κ2) is 11.8. The molecular weight excluding hydrogens is 526 g/mol. The molecule has 3 aromatic rings. The lowest BCUT2D eigenvalue weighted by atomic mass is 10.0. The Morgan fingerprint density at radius 2 is 1.63 bits per heavy atom. The number of hydrogen-bond donors (Lipinski definition) is 1. The number of carbonyl (C=O) groups is 3. The number of rotatable bonds is 10. The van der Waals surface area contributed by atoms with E-state index in [1.807, 2.05) is 30.3 Å². The molecule has 3 aromatic carbocycles. The number of likely N-dealkylation sites (N-methyl/N-ethyl adjacent to an activating group) is 1. The molecule has 8 nitrogen and oxygen atoms in total. The summed E-state index contributed by atoms with van der Waals surface area (Å²) in [6.45, 7) is -0.0549. The van der Waals surface area contributed by atoms with Crippen molar-refractivity contribution in [3.8, 4) is 0 Å². The molecule has 0 radical (unpaired) electrons. The lowest BCUT2D eigenvalue weighted by molar-refractivity contribution is -0.141. The largest absolute Gasteiger partial charge is 0.357 e. The summed E-state index contributed by atoms with van der Waals surface area (Å²) in [7, 11) is -2.45. The van der Waals surface area contributed by atoms with E-state index in [1.165, 1.54) is 24.1 Å². The average Bonchev–Trinajstić information content (AvgIpc) is 3.12. The molecular formula is C28H28ClN3O5S. The molecule has 4 rings (SSSR count). The van der Waals surface area contributed by atoms with Crippen molar-refractivity contribution in [1.29, 1.82) is 0 Å². The summed E-state index contributed by atoms with van der Waals surface area (Å²) in [5.74, 6) is -1.29. The first-order chi connectivity index (χ1) is 18.2. The number of sulfonamides is 1. The average molecular weight is 554 g/mol. The molecule has 0 aliphatic carbocycles. The number of hydrogen-bond acceptors (Lipinski definition) is 5. The second-order valence-electron chi connectivity index (χ2n) is 8.91. The predicted octanol–water partition coefficient (Wildman–Crippen LogP) is 3.65. The molecule has 3 amide bonds. The zero-order chi connectivity index (χ0) is 27.3. The summed E-state index contributed by atoms with van der Waals surface area (Å²) >= 11 is 6.38. The third-order valence-electron chi connectivity index (χ3n) is 6.48. The Kier molecular flexibility index (Phi) is 8.48. The van der Waals surface area contributed by atoms with Gasteiger partial charge in [0.1, 0.15) is 10.9 Å². The number of benzene rings is 3. The number of halogens is 1. The number of nitrogens with one attached hydrogen (secondary N) is 1. The molecule has 0 fully saturated rings. The van der Waals surface area contributed by atoms with Crippen molar-refractivity contribution in [2.45, 2.75) is 36.7 Å². The van der Waals surface area contributed by atoms with Gasteiger partial charge in [-0.05, 0) is 35.7 Å². The zero-order valence-corrected chi connectivity index (χ0v) is 22.4. The molecule has 0 saturated carbocycles. The number of carbonyl (C=O) groups excluding carboxylic acids is 3. The summed E-state index contributed by atoms with van der Waals surface area (Å²) < 4.78 is 26.5. The Balaban J connectivity index is 1.55. The summed E-state index contributed by atoms with van der Waals surface area (Å²) in [6.07, 6.45) is 0.315. The highest BCUT2D eigenvalue weighted by atomic mass is 35.5. The highest BCUT2D eigenvalue weighted by molar-refractivity contribution is 7.90. The Hall–Kier alpha value is -3.69. The van der Waals surface area contributed by atoms with E-state index in [-0.39, 0.29) is 54.6 Å². The first-order valence-corrected chi connectivity index (χ1v) is 14.0. The SMILES string of the molecule is CNC(=O)[C@@H](Cc1ccccc1)N(Cc1ccccc1Cl)C(=O)CCCN1C(=O)c2ccccc2S1(=O)=O. The van der Waals surface area contributed by atoms with E-state index in [0.29, 0.717) is 10.6 Å². The minimum absolute atomic E-state index is 0.0285. The first kappa shape index (κ1) is 27.3. The Bertz CT molecular complexity index is 1450. The molecule has 1 N–H and O–H groups in total. The molecule has 1 atom stereocenters. The van der Waals surface area contributed by atoms with Crippen LogP contribution in [0.2, 0.25) is 5.02 Å². The maximum atomic E-state index is 13.6. The van der Waals surface area contributed by atoms with Crippen LogP contribution in [-0.2, 0) is 32.6 Å². The van der Waals surface area contributed by atoms with Crippen LogP contribution in [0.5, 0.6) is 0 Å². The van der Waals surface area contributed by atoms with E-state index in [2.05, 4.69) is 5.32 Å². The fourth-order valence-corrected chi connectivity index (χ4v) is 6.30. The van der Waals surface area contributed by atoms with E-state index in [0.717, 1.165) is 9.87 Å². The quantitative estimate of drug-likeness (QED) is 0.413. The molecule has 0 spiro atoms. The minimum Gasteiger partial charge on any atom is -0.357 e. The first-order valence-electron chi connectivity index (χ1n) is 12.2. The van der Waals surface area contributed by atoms with E-state index in [9.17, 15) is 22.8 Å². The van der Waals surface area contributed by atoms with Gasteiger partial charge in [0.2, 0.25) is 11.8 Å². The van der Waals surface area contributed by atoms with Gasteiger partial charge in [0.25, 0.3) is 15.9 Å². The Morgan fingerprint density at radius 1 is 0.974 bits per heavy atom. The van der Waals surface area contributed by atoms with Crippen LogP contribution in [-0.4, -0.2) is 55.0 Å². The number of amides is 3. The third kappa shape index (κ3) is 5.74. The molecule has 1 aliphatic heterocycles. The smallest absolute Gasteiger partial charge is 0.269 e. The number of nitrogens with zero attached hydrogens (tertiary/aromatic N) is 2. The van der Waals surface area contributed by atoms with Crippen LogP contribution in [0.4, 0.5) is 0 Å². The van der Waals surface area contributed by atoms with Gasteiger partial charge in [-0.1, -0.05) is 72.3 Å². The van der Waals surface area contributed by atoms with Crippen molar-refractivity contribution >= 4 is 39.3 Å². The third-order valence-corrected chi connectivity index (χ3v) is 8.69. The second-order valence-corrected chi connectivity index (χ2v) is 11.2. The fourth-order valence-electron chi connectivity index (χ4n) is 4.50. The van der Waals surface area contributed by atoms with E-state index >= 15 is 0 Å². The van der Waals surface area contributed by atoms with Crippen LogP contribution >= 0.6 is 11.6 Å². The molecule has 198 valence electrons. The Labute approximate surface area is 227 Å². The van der Waals surface area contributed by atoms with Crippen LogP contribution in [0.1, 0.15) is 34.3 Å². The fraction of sp³-hybridized carbons (Fsp3) is 0.250. The van der Waals surface area contributed by atoms with Crippen molar-refractivity contribution in [3.63, 3.8) is 0 Å². The van der Waals surface area contributed by atoms with Gasteiger partial charge >= 0.3 is 0 Å². The van der Waals surface area contributed by atoms with Crippen molar-refractivity contribution in [1.82, 2.24) is 14.5 Å². The van der Waals surface area contributed by atoms with Gasteiger partial charge < -0.3 is 10.2 Å². The molecule has 0 unspecified atom stereocenters. The maximum Gasteiger partial charge on any atom is 0.269 e. The molecule has 0 saturated heterocycles. The molecule has 38 heavy (non-hydrogen) atoms. The molecule has 0 bridgehead atoms. The summed E-state index contributed by atoms with van der Waals surface area (Å²) in [4.78, 5) is 40.8. The highest BCUT2D eigenvalue weighted by Gasteiger charge is 2.40. The minimum atomic E-state index is -3.97. The monoisotopic (exact) mass is 553 g/mol. The summed E-state index contributed by atoms with van der Waals surface area (Å²) in [6, 6.07) is 21.7. The van der Waals surface area contributed by atoms with Crippen molar-refractivity contribution in [2.24, 2.45) is 0 Å². The molecule has 1 aliphatic rings. The van der Waals surface area contributed by atoms with Crippen molar-refractivity contribution in [2.75, 3.05) is 13.6 Å². The standard InChI is InChI=1S/C28H28ClN3O5S/c1-30-27(34)24(18-20-10-3-2-4-11-20)31(19-21-12-5-7-14-23(21)29)26(33)16-9-17-32-28(35)22-13-6-8-15-25(22)38(32,36)37/h2-8,10-15,24H,9,16-19H2,1H3,(H,30,34)/t24-/m1/s1. The van der Waals surface area contributed by atoms with Gasteiger partial charge in [-0.25, -0.2) is 12.7 Å². The zero-order valence-electron chi connectivity index (χ0n) is 20.8. The van der Waals surface area contributed by atoms with Crippen molar-refractivity contribution in [3.05, 3.63) is 101 Å². The van der Waals surface area contributed by atoms with E-state index in [4.69, 9.17) is 11.6 Å². The van der Waals surface area contributed by atoms with Gasteiger partial charge in [-0.3, -0.25) is 14.4 Å². The lowest BCUT2D eigenvalue weighted by Crippen LogP contribution is -2.49. The molecule has 1 heterocycles. The van der Waals surface area contributed by atoms with Crippen molar-refractivity contribution < 1.29 is 22.8 Å². The predicted molar refractivity (Wildman–Crippen MR) is 144 cm³/mol. The highest BCUT2D eigenvalue weighted by Crippen LogP contribution is 2.30. The van der Waals surface area contributed by atoms with E-state index in [1.54, 1.807) is 36.4 Å². The lowest BCUT2D eigenvalue weighted by Gasteiger charge is -2.31. The van der Waals surface area contributed by atoms with Gasteiger partial charge in [0.15, 0.2) is 0 Å². The van der Waals surface area contributed by atoms with Crippen LogP contribution in [0.15, 0.2) is 83.8 Å². The maximum absolute atomic E-state index is 13.6. The molecule has 0 aromatic heterocycles. The van der Waals surface area contributed by atoms with Gasteiger partial charge in [-0.2, -0.15) is 0 Å². The van der Waals surface area contributed by atoms with Gasteiger partial charge in [0, 0.05) is 38.0 Å².